The number of hydrogen-bond donors (Lipinski definition) is 0. The zero-order valence-corrected chi connectivity index (χ0v) is 21.2. The molecule has 2 heterocycles. The van der Waals surface area contributed by atoms with E-state index in [-0.39, 0.29) is 31.4 Å². The predicted molar refractivity (Wildman–Crippen MR) is 131 cm³/mol. The molecule has 9 nitrogen and oxygen atoms in total. The molecule has 2 amide bonds. The van der Waals surface area contributed by atoms with E-state index < -0.39 is 24.1 Å². The molecular weight excluding hydrogens is 503 g/mol. The highest BCUT2D eigenvalue weighted by Crippen LogP contribution is 2.26. The van der Waals surface area contributed by atoms with Gasteiger partial charge in [0.2, 0.25) is 0 Å². The van der Waals surface area contributed by atoms with Crippen molar-refractivity contribution in [2.75, 3.05) is 19.6 Å². The van der Waals surface area contributed by atoms with Crippen LogP contribution in [0.1, 0.15) is 26.3 Å². The van der Waals surface area contributed by atoms with Crippen LogP contribution in [0.15, 0.2) is 60.8 Å². The van der Waals surface area contributed by atoms with Gasteiger partial charge in [0, 0.05) is 25.2 Å². The third-order valence-corrected chi connectivity index (χ3v) is 5.77. The number of halogens is 3. The number of aromatic nitrogens is 3. The van der Waals surface area contributed by atoms with Crippen molar-refractivity contribution in [3.63, 3.8) is 0 Å². The summed E-state index contributed by atoms with van der Waals surface area (Å²) in [5, 5.41) is 7.97. The Balaban J connectivity index is 1.51. The standard InChI is InChI=1S/C26H28F3N5O4/c1-25(2,3)38-24(36)32-13-14-33(20(16-32)15-18-7-5-4-6-8-18)23(35)34-17-22(30-31-34)19-9-11-21(12-10-19)37-26(27,28)29/h4-12,17,20H,13-16H2,1-3H3/t20-/m0/s1. The molecule has 0 radical (unpaired) electrons. The number of ether oxygens (including phenoxy) is 2. The molecule has 1 fully saturated rings. The van der Waals surface area contributed by atoms with Gasteiger partial charge in [0.25, 0.3) is 0 Å². The fourth-order valence-electron chi connectivity index (χ4n) is 4.11. The number of piperazine rings is 1. The van der Waals surface area contributed by atoms with Crippen LogP contribution >= 0.6 is 0 Å². The number of benzene rings is 2. The van der Waals surface area contributed by atoms with Crippen molar-refractivity contribution in [1.29, 1.82) is 0 Å². The summed E-state index contributed by atoms with van der Waals surface area (Å²) < 4.78 is 47.8. The summed E-state index contributed by atoms with van der Waals surface area (Å²) >= 11 is 0. The van der Waals surface area contributed by atoms with Gasteiger partial charge in [0.1, 0.15) is 17.0 Å². The minimum Gasteiger partial charge on any atom is -0.444 e. The number of nitrogens with zero attached hydrogens (tertiary/aromatic N) is 5. The van der Waals surface area contributed by atoms with Crippen LogP contribution in [0.4, 0.5) is 22.8 Å². The molecule has 4 rings (SSSR count). The van der Waals surface area contributed by atoms with Gasteiger partial charge in [-0.05, 0) is 57.0 Å². The highest BCUT2D eigenvalue weighted by Gasteiger charge is 2.35. The lowest BCUT2D eigenvalue weighted by Gasteiger charge is -2.41. The van der Waals surface area contributed by atoms with Crippen LogP contribution in [-0.2, 0) is 11.2 Å². The molecule has 3 aromatic rings. The summed E-state index contributed by atoms with van der Waals surface area (Å²) in [7, 11) is 0. The van der Waals surface area contributed by atoms with Gasteiger partial charge in [-0.2, -0.15) is 4.68 Å². The molecule has 0 N–H and O–H groups in total. The van der Waals surface area contributed by atoms with E-state index >= 15 is 0 Å². The van der Waals surface area contributed by atoms with Gasteiger partial charge in [-0.25, -0.2) is 9.59 Å². The largest absolute Gasteiger partial charge is 0.573 e. The van der Waals surface area contributed by atoms with Gasteiger partial charge in [-0.3, -0.25) is 0 Å². The Kier molecular flexibility index (Phi) is 7.61. The van der Waals surface area contributed by atoms with Crippen molar-refractivity contribution >= 4 is 12.1 Å². The number of amides is 2. The molecule has 0 bridgehead atoms. The number of carbonyl (C=O) groups excluding carboxylic acids is 2. The summed E-state index contributed by atoms with van der Waals surface area (Å²) in [5.41, 5.74) is 1.13. The maximum atomic E-state index is 13.5. The molecule has 0 saturated carbocycles. The summed E-state index contributed by atoms with van der Waals surface area (Å²) in [4.78, 5) is 29.4. The first-order valence-corrected chi connectivity index (χ1v) is 12.0. The smallest absolute Gasteiger partial charge is 0.444 e. The van der Waals surface area contributed by atoms with Gasteiger partial charge in [-0.1, -0.05) is 35.5 Å². The van der Waals surface area contributed by atoms with Gasteiger partial charge >= 0.3 is 18.5 Å². The predicted octanol–water partition coefficient (Wildman–Crippen LogP) is 4.98. The molecule has 202 valence electrons. The summed E-state index contributed by atoms with van der Waals surface area (Å²) in [5.74, 6) is -0.365. The molecule has 0 aliphatic carbocycles. The van der Waals surface area contributed by atoms with Crippen LogP contribution in [0.5, 0.6) is 5.75 Å². The van der Waals surface area contributed by atoms with E-state index in [0.717, 1.165) is 22.4 Å². The number of alkyl halides is 3. The van der Waals surface area contributed by atoms with E-state index in [1.807, 2.05) is 30.3 Å². The summed E-state index contributed by atoms with van der Waals surface area (Å²) in [6.45, 7) is 6.21. The Hall–Kier alpha value is -4.09. The molecule has 12 heteroatoms. The van der Waals surface area contributed by atoms with Crippen LogP contribution in [0, 0.1) is 0 Å². The zero-order valence-electron chi connectivity index (χ0n) is 21.2. The van der Waals surface area contributed by atoms with Crippen molar-refractivity contribution in [3.05, 3.63) is 66.4 Å². The third-order valence-electron chi connectivity index (χ3n) is 5.77. The minimum absolute atomic E-state index is 0.258. The molecule has 2 aromatic carbocycles. The molecule has 0 unspecified atom stereocenters. The second-order valence-electron chi connectivity index (χ2n) is 9.87. The van der Waals surface area contributed by atoms with E-state index in [1.54, 1.807) is 30.6 Å². The summed E-state index contributed by atoms with van der Waals surface area (Å²) in [6, 6.07) is 14.0. The van der Waals surface area contributed by atoms with Crippen molar-refractivity contribution in [2.24, 2.45) is 0 Å². The second-order valence-corrected chi connectivity index (χ2v) is 9.87. The Morgan fingerprint density at radius 3 is 2.32 bits per heavy atom. The molecule has 1 saturated heterocycles. The Bertz CT molecular complexity index is 1260. The highest BCUT2D eigenvalue weighted by atomic mass is 19.4. The zero-order chi connectivity index (χ0) is 27.5. The maximum absolute atomic E-state index is 13.5. The average Bonchev–Trinajstić information content (AvgIpc) is 3.33. The van der Waals surface area contributed by atoms with E-state index in [1.165, 1.54) is 18.3 Å². The molecular formula is C26H28F3N5O4. The Labute approximate surface area is 217 Å². The fourth-order valence-corrected chi connectivity index (χ4v) is 4.11. The average molecular weight is 532 g/mol. The molecule has 1 aliphatic rings. The first-order valence-electron chi connectivity index (χ1n) is 12.0. The number of carbonyl (C=O) groups is 2. The monoisotopic (exact) mass is 531 g/mol. The quantitative estimate of drug-likeness (QED) is 0.472. The van der Waals surface area contributed by atoms with Gasteiger partial charge in [0.05, 0.1) is 12.2 Å². The lowest BCUT2D eigenvalue weighted by atomic mass is 10.0. The van der Waals surface area contributed by atoms with Crippen molar-refractivity contribution in [3.8, 4) is 17.0 Å². The van der Waals surface area contributed by atoms with E-state index in [0.29, 0.717) is 17.7 Å². The van der Waals surface area contributed by atoms with Gasteiger partial charge in [0.15, 0.2) is 0 Å². The normalized spacial score (nSPS) is 16.3. The SMILES string of the molecule is CC(C)(C)OC(=O)N1CCN(C(=O)n2cc(-c3ccc(OC(F)(F)F)cc3)nn2)[C@@H](Cc2ccccc2)C1. The van der Waals surface area contributed by atoms with Crippen LogP contribution in [0.3, 0.4) is 0 Å². The minimum atomic E-state index is -4.79. The molecule has 1 aromatic heterocycles. The van der Waals surface area contributed by atoms with E-state index in [9.17, 15) is 22.8 Å². The molecule has 1 aliphatic heterocycles. The van der Waals surface area contributed by atoms with Crippen molar-refractivity contribution < 1.29 is 32.2 Å². The highest BCUT2D eigenvalue weighted by molar-refractivity contribution is 5.78. The topological polar surface area (TPSA) is 89.8 Å². The molecule has 0 spiro atoms. The van der Waals surface area contributed by atoms with Crippen molar-refractivity contribution in [1.82, 2.24) is 24.8 Å². The van der Waals surface area contributed by atoms with Crippen LogP contribution < -0.4 is 4.74 Å². The molecule has 38 heavy (non-hydrogen) atoms. The Morgan fingerprint density at radius 1 is 1.00 bits per heavy atom. The third kappa shape index (κ3) is 7.02. The van der Waals surface area contributed by atoms with Gasteiger partial charge < -0.3 is 19.3 Å². The molecule has 1 atom stereocenters. The lowest BCUT2D eigenvalue weighted by molar-refractivity contribution is -0.274. The van der Waals surface area contributed by atoms with E-state index in [4.69, 9.17) is 4.74 Å². The van der Waals surface area contributed by atoms with Crippen molar-refractivity contribution in [2.45, 2.75) is 45.2 Å². The fraction of sp³-hybridized carbons (Fsp3) is 0.385. The maximum Gasteiger partial charge on any atom is 0.573 e. The van der Waals surface area contributed by atoms with E-state index in [2.05, 4.69) is 15.0 Å². The lowest BCUT2D eigenvalue weighted by Crippen LogP contribution is -2.58. The Morgan fingerprint density at radius 2 is 1.68 bits per heavy atom. The second kappa shape index (κ2) is 10.7. The number of hydrogen-bond acceptors (Lipinski definition) is 6. The first-order chi connectivity index (χ1) is 17.9. The van der Waals surface area contributed by atoms with Crippen LogP contribution in [-0.4, -0.2) is 74.6 Å². The van der Waals surface area contributed by atoms with Crippen LogP contribution in [0.25, 0.3) is 11.3 Å². The number of rotatable bonds is 4. The first kappa shape index (κ1) is 27.0. The summed E-state index contributed by atoms with van der Waals surface area (Å²) in [6.07, 6.45) is -3.31. The van der Waals surface area contributed by atoms with Crippen LogP contribution in [0.2, 0.25) is 0 Å². The van der Waals surface area contributed by atoms with Gasteiger partial charge in [-0.15, -0.1) is 18.3 Å².